The first kappa shape index (κ1) is 17.1. The molecule has 24 heavy (non-hydrogen) atoms. The smallest absolute Gasteiger partial charge is 0.226 e. The zero-order chi connectivity index (χ0) is 16.9. The molecule has 6 heteroatoms. The largest absolute Gasteiger partial charge is 0.387 e. The molecular weight excluding hydrogens is 304 g/mol. The van der Waals surface area contributed by atoms with Crippen LogP contribution in [0.25, 0.3) is 0 Å². The maximum atomic E-state index is 10.4. The van der Waals surface area contributed by atoms with Gasteiger partial charge in [-0.05, 0) is 12.5 Å². The molecule has 1 aromatic carbocycles. The van der Waals surface area contributed by atoms with E-state index in [1.807, 2.05) is 37.3 Å². The molecule has 0 amide bonds. The van der Waals surface area contributed by atoms with Gasteiger partial charge in [0.25, 0.3) is 0 Å². The first-order valence-electron chi connectivity index (χ1n) is 8.66. The average Bonchev–Trinajstić information content (AvgIpc) is 3.05. The van der Waals surface area contributed by atoms with Crippen molar-refractivity contribution in [2.24, 2.45) is 0 Å². The van der Waals surface area contributed by atoms with Crippen molar-refractivity contribution in [3.63, 3.8) is 0 Å². The van der Waals surface area contributed by atoms with E-state index in [1.54, 1.807) is 0 Å². The van der Waals surface area contributed by atoms with Crippen LogP contribution in [-0.4, -0.2) is 57.3 Å². The van der Waals surface area contributed by atoms with Crippen LogP contribution >= 0.6 is 0 Å². The number of benzene rings is 1. The van der Waals surface area contributed by atoms with E-state index in [2.05, 4.69) is 26.9 Å². The molecule has 1 aliphatic heterocycles. The van der Waals surface area contributed by atoms with Gasteiger partial charge in [-0.25, -0.2) is 0 Å². The third-order valence-electron chi connectivity index (χ3n) is 4.62. The molecule has 0 spiro atoms. The fourth-order valence-electron chi connectivity index (χ4n) is 3.19. The van der Waals surface area contributed by atoms with Crippen LogP contribution in [-0.2, 0) is 13.0 Å². The van der Waals surface area contributed by atoms with Gasteiger partial charge in [0.05, 0.1) is 12.6 Å². The van der Waals surface area contributed by atoms with E-state index in [4.69, 9.17) is 4.52 Å². The molecule has 1 aromatic heterocycles. The van der Waals surface area contributed by atoms with E-state index in [0.29, 0.717) is 18.5 Å². The van der Waals surface area contributed by atoms with Crippen molar-refractivity contribution in [2.45, 2.75) is 39.0 Å². The van der Waals surface area contributed by atoms with E-state index < -0.39 is 6.10 Å². The van der Waals surface area contributed by atoms with Crippen molar-refractivity contribution in [3.8, 4) is 0 Å². The minimum atomic E-state index is -0.440. The Morgan fingerprint density at radius 2 is 2.08 bits per heavy atom. The lowest BCUT2D eigenvalue weighted by Crippen LogP contribution is -2.52. The number of aryl methyl sites for hydroxylation is 1. The maximum Gasteiger partial charge on any atom is 0.226 e. The van der Waals surface area contributed by atoms with Crippen LogP contribution in [0.3, 0.4) is 0 Å². The number of hydrogen-bond donors (Lipinski definition) is 1. The van der Waals surface area contributed by atoms with Gasteiger partial charge in [-0.1, -0.05) is 42.4 Å². The summed E-state index contributed by atoms with van der Waals surface area (Å²) in [5, 5.41) is 14.5. The highest BCUT2D eigenvalue weighted by Crippen LogP contribution is 2.18. The van der Waals surface area contributed by atoms with Gasteiger partial charge >= 0.3 is 0 Å². The minimum Gasteiger partial charge on any atom is -0.387 e. The standard InChI is InChI=1S/C18H26N4O2/c1-3-18-19-17(20-24-18)13-21-9-10-22(14(2)11-21)12-16(23)15-7-5-4-6-8-15/h4-8,14,16,23H,3,9-13H2,1-2H3. The second-order valence-corrected chi connectivity index (χ2v) is 6.46. The molecule has 130 valence electrons. The summed E-state index contributed by atoms with van der Waals surface area (Å²) in [5.41, 5.74) is 0.978. The highest BCUT2D eigenvalue weighted by atomic mass is 16.5. The molecule has 0 aliphatic carbocycles. The highest BCUT2D eigenvalue weighted by molar-refractivity contribution is 5.17. The summed E-state index contributed by atoms with van der Waals surface area (Å²) in [4.78, 5) is 9.08. The molecule has 1 N–H and O–H groups in total. The Bertz CT molecular complexity index is 631. The first-order valence-corrected chi connectivity index (χ1v) is 8.66. The Labute approximate surface area is 143 Å². The van der Waals surface area contributed by atoms with Crippen molar-refractivity contribution >= 4 is 0 Å². The molecular formula is C18H26N4O2. The van der Waals surface area contributed by atoms with Crippen molar-refractivity contribution in [1.82, 2.24) is 19.9 Å². The van der Waals surface area contributed by atoms with Crippen molar-refractivity contribution in [1.29, 1.82) is 0 Å². The number of aromatic nitrogens is 2. The van der Waals surface area contributed by atoms with Crippen molar-refractivity contribution in [3.05, 3.63) is 47.6 Å². The van der Waals surface area contributed by atoms with E-state index >= 15 is 0 Å². The third kappa shape index (κ3) is 4.20. The van der Waals surface area contributed by atoms with Crippen LogP contribution in [0.2, 0.25) is 0 Å². The molecule has 3 rings (SSSR count). The molecule has 2 unspecified atom stereocenters. The SMILES string of the molecule is CCc1nc(CN2CCN(CC(O)c3ccccc3)C(C)C2)no1. The third-order valence-corrected chi connectivity index (χ3v) is 4.62. The van der Waals surface area contributed by atoms with E-state index in [9.17, 15) is 5.11 Å². The molecule has 2 atom stereocenters. The van der Waals surface area contributed by atoms with Crippen LogP contribution in [0.1, 0.15) is 37.2 Å². The Morgan fingerprint density at radius 1 is 1.29 bits per heavy atom. The number of hydrogen-bond acceptors (Lipinski definition) is 6. The van der Waals surface area contributed by atoms with Crippen LogP contribution in [0.5, 0.6) is 0 Å². The predicted octanol–water partition coefficient (Wildman–Crippen LogP) is 1.87. The van der Waals surface area contributed by atoms with Gasteiger partial charge in [-0.3, -0.25) is 9.80 Å². The van der Waals surface area contributed by atoms with Crippen molar-refractivity contribution < 1.29 is 9.63 Å². The summed E-state index contributed by atoms with van der Waals surface area (Å²) in [6, 6.07) is 10.2. The summed E-state index contributed by atoms with van der Waals surface area (Å²) in [5.74, 6) is 1.46. The quantitative estimate of drug-likeness (QED) is 0.872. The van der Waals surface area contributed by atoms with Crippen molar-refractivity contribution in [2.75, 3.05) is 26.2 Å². The second kappa shape index (κ2) is 7.88. The normalized spacial score (nSPS) is 21.0. The number of piperazine rings is 1. The van der Waals surface area contributed by atoms with Crippen LogP contribution in [0, 0.1) is 0 Å². The average molecular weight is 330 g/mol. The number of nitrogens with zero attached hydrogens (tertiary/aromatic N) is 4. The molecule has 0 radical (unpaired) electrons. The Balaban J connectivity index is 1.51. The number of β-amino-alcohol motifs (C(OH)–C–C–N with tert-alkyl or cyclic N) is 1. The molecule has 2 heterocycles. The number of aliphatic hydroxyl groups is 1. The molecule has 1 saturated heterocycles. The van der Waals surface area contributed by atoms with Gasteiger partial charge < -0.3 is 9.63 Å². The lowest BCUT2D eigenvalue weighted by molar-refractivity contribution is 0.0351. The van der Waals surface area contributed by atoms with Gasteiger partial charge in [0.1, 0.15) is 0 Å². The fourth-order valence-corrected chi connectivity index (χ4v) is 3.19. The summed E-state index contributed by atoms with van der Waals surface area (Å²) in [7, 11) is 0. The molecule has 1 fully saturated rings. The van der Waals surface area contributed by atoms with E-state index in [0.717, 1.165) is 44.0 Å². The lowest BCUT2D eigenvalue weighted by Gasteiger charge is -2.40. The van der Waals surface area contributed by atoms with Gasteiger partial charge in [-0.15, -0.1) is 0 Å². The maximum absolute atomic E-state index is 10.4. The van der Waals surface area contributed by atoms with Gasteiger partial charge in [0.15, 0.2) is 5.82 Å². The predicted molar refractivity (Wildman–Crippen MR) is 91.4 cm³/mol. The Hall–Kier alpha value is -1.76. The topological polar surface area (TPSA) is 65.6 Å². The molecule has 2 aromatic rings. The monoisotopic (exact) mass is 330 g/mol. The number of aliphatic hydroxyl groups excluding tert-OH is 1. The molecule has 6 nitrogen and oxygen atoms in total. The number of rotatable bonds is 6. The molecule has 1 aliphatic rings. The molecule has 0 saturated carbocycles. The van der Waals surface area contributed by atoms with Crippen LogP contribution in [0.4, 0.5) is 0 Å². The second-order valence-electron chi connectivity index (χ2n) is 6.46. The fraction of sp³-hybridized carbons (Fsp3) is 0.556. The molecule has 0 bridgehead atoms. The minimum absolute atomic E-state index is 0.384. The van der Waals surface area contributed by atoms with Gasteiger partial charge in [-0.2, -0.15) is 4.98 Å². The van der Waals surface area contributed by atoms with E-state index in [-0.39, 0.29) is 0 Å². The van der Waals surface area contributed by atoms with Gasteiger partial charge in [0.2, 0.25) is 5.89 Å². The van der Waals surface area contributed by atoms with Crippen LogP contribution in [0.15, 0.2) is 34.9 Å². The first-order chi connectivity index (χ1) is 11.7. The Morgan fingerprint density at radius 3 is 2.75 bits per heavy atom. The summed E-state index contributed by atoms with van der Waals surface area (Å²) in [6.45, 7) is 8.43. The zero-order valence-corrected chi connectivity index (χ0v) is 14.4. The summed E-state index contributed by atoms with van der Waals surface area (Å²) >= 11 is 0. The zero-order valence-electron chi connectivity index (χ0n) is 14.4. The van der Waals surface area contributed by atoms with E-state index in [1.165, 1.54) is 0 Å². The van der Waals surface area contributed by atoms with Gasteiger partial charge in [0, 0.05) is 38.6 Å². The Kier molecular flexibility index (Phi) is 5.60. The highest BCUT2D eigenvalue weighted by Gasteiger charge is 2.26. The summed E-state index contributed by atoms with van der Waals surface area (Å²) < 4.78 is 5.17. The lowest BCUT2D eigenvalue weighted by atomic mass is 10.1. The van der Waals surface area contributed by atoms with Crippen LogP contribution < -0.4 is 0 Å². The summed E-state index contributed by atoms with van der Waals surface area (Å²) in [6.07, 6.45) is 0.332.